The van der Waals surface area contributed by atoms with Gasteiger partial charge in [0.05, 0.1) is 6.10 Å². The number of carbonyl (C=O) groups excluding carboxylic acids is 1. The number of aliphatic hydroxyl groups is 1. The van der Waals surface area contributed by atoms with Crippen molar-refractivity contribution in [2.45, 2.75) is 32.0 Å². The van der Waals surface area contributed by atoms with E-state index in [1.54, 1.807) is 18.2 Å². The lowest BCUT2D eigenvalue weighted by atomic mass is 10.1. The number of hydrogen-bond acceptors (Lipinski definition) is 3. The fourth-order valence-corrected chi connectivity index (χ4v) is 2.48. The molecule has 0 heterocycles. The van der Waals surface area contributed by atoms with Gasteiger partial charge in [-0.2, -0.15) is 8.78 Å². The third-order valence-electron chi connectivity index (χ3n) is 3.69. The highest BCUT2D eigenvalue weighted by Crippen LogP contribution is 2.24. The van der Waals surface area contributed by atoms with E-state index in [1.165, 1.54) is 18.2 Å². The maximum absolute atomic E-state index is 12.0. The zero-order valence-electron chi connectivity index (χ0n) is 12.0. The number of benzene rings is 1. The molecule has 0 spiro atoms. The Morgan fingerprint density at radius 3 is 2.68 bits per heavy atom. The standard InChI is InChI=1S/C16H19F2NO3/c17-16(18)22-13-7-4-11(5-8-13)6-9-15(21)19-10-12-2-1-3-14(12)20/h4-9,12,14,16,20H,1-3,10H2,(H,19,21)/b9-6+. The van der Waals surface area contributed by atoms with Gasteiger partial charge < -0.3 is 15.2 Å². The van der Waals surface area contributed by atoms with Gasteiger partial charge in [-0.25, -0.2) is 0 Å². The molecule has 2 rings (SSSR count). The van der Waals surface area contributed by atoms with Gasteiger partial charge in [0.1, 0.15) is 5.75 Å². The van der Waals surface area contributed by atoms with Crippen LogP contribution in [0.25, 0.3) is 6.08 Å². The van der Waals surface area contributed by atoms with Crippen LogP contribution in [0.3, 0.4) is 0 Å². The molecule has 1 aliphatic carbocycles. The first-order valence-electron chi connectivity index (χ1n) is 7.23. The molecule has 0 radical (unpaired) electrons. The third-order valence-corrected chi connectivity index (χ3v) is 3.69. The molecule has 2 N–H and O–H groups in total. The number of amides is 1. The topological polar surface area (TPSA) is 58.6 Å². The van der Waals surface area contributed by atoms with E-state index in [4.69, 9.17) is 0 Å². The van der Waals surface area contributed by atoms with Crippen molar-refractivity contribution in [3.05, 3.63) is 35.9 Å². The predicted molar refractivity (Wildman–Crippen MR) is 78.5 cm³/mol. The molecule has 1 aliphatic rings. The molecule has 1 amide bonds. The first-order valence-corrected chi connectivity index (χ1v) is 7.23. The molecular formula is C16H19F2NO3. The van der Waals surface area contributed by atoms with Crippen LogP contribution < -0.4 is 10.1 Å². The summed E-state index contributed by atoms with van der Waals surface area (Å²) in [5, 5.41) is 12.4. The summed E-state index contributed by atoms with van der Waals surface area (Å²) in [6.07, 6.45) is 5.36. The summed E-state index contributed by atoms with van der Waals surface area (Å²) in [4.78, 5) is 11.7. The highest BCUT2D eigenvalue weighted by molar-refractivity contribution is 5.91. The Labute approximate surface area is 127 Å². The molecule has 6 heteroatoms. The van der Waals surface area contributed by atoms with Crippen molar-refractivity contribution in [1.29, 1.82) is 0 Å². The van der Waals surface area contributed by atoms with Gasteiger partial charge in [0.2, 0.25) is 5.91 Å². The van der Waals surface area contributed by atoms with Crippen LogP contribution in [-0.2, 0) is 4.79 Å². The lowest BCUT2D eigenvalue weighted by Crippen LogP contribution is -2.31. The van der Waals surface area contributed by atoms with E-state index >= 15 is 0 Å². The SMILES string of the molecule is O=C(/C=C/c1ccc(OC(F)F)cc1)NCC1CCCC1O. The van der Waals surface area contributed by atoms with Crippen molar-refractivity contribution in [2.75, 3.05) is 6.54 Å². The Morgan fingerprint density at radius 1 is 1.36 bits per heavy atom. The number of halogens is 2. The Hall–Kier alpha value is -1.95. The number of alkyl halides is 2. The Morgan fingerprint density at radius 2 is 2.09 bits per heavy atom. The van der Waals surface area contributed by atoms with E-state index in [1.807, 2.05) is 0 Å². The first-order chi connectivity index (χ1) is 10.5. The van der Waals surface area contributed by atoms with Crippen molar-refractivity contribution in [2.24, 2.45) is 5.92 Å². The normalized spacial score (nSPS) is 21.5. The average Bonchev–Trinajstić information content (AvgIpc) is 2.89. The maximum Gasteiger partial charge on any atom is 0.387 e. The molecular weight excluding hydrogens is 292 g/mol. The van der Waals surface area contributed by atoms with Crippen molar-refractivity contribution in [3.63, 3.8) is 0 Å². The maximum atomic E-state index is 12.0. The second kappa shape index (κ2) is 7.89. The number of aliphatic hydroxyl groups excluding tert-OH is 1. The molecule has 2 atom stereocenters. The fraction of sp³-hybridized carbons (Fsp3) is 0.438. The molecule has 0 bridgehead atoms. The average molecular weight is 311 g/mol. The molecule has 1 fully saturated rings. The summed E-state index contributed by atoms with van der Waals surface area (Å²) >= 11 is 0. The van der Waals surface area contributed by atoms with E-state index in [-0.39, 0.29) is 23.7 Å². The minimum atomic E-state index is -2.85. The second-order valence-corrected chi connectivity index (χ2v) is 5.28. The zero-order chi connectivity index (χ0) is 15.9. The molecule has 1 aromatic rings. The number of rotatable bonds is 6. The molecule has 1 aromatic carbocycles. The van der Waals surface area contributed by atoms with Crippen LogP contribution in [0.1, 0.15) is 24.8 Å². The Kier molecular flexibility index (Phi) is 5.89. The van der Waals surface area contributed by atoms with Crippen LogP contribution in [0.15, 0.2) is 30.3 Å². The Balaban J connectivity index is 1.79. The molecule has 1 saturated carbocycles. The number of carbonyl (C=O) groups is 1. The van der Waals surface area contributed by atoms with Crippen LogP contribution in [0.2, 0.25) is 0 Å². The lowest BCUT2D eigenvalue weighted by molar-refractivity contribution is -0.116. The van der Waals surface area contributed by atoms with Crippen LogP contribution in [-0.4, -0.2) is 30.3 Å². The minimum Gasteiger partial charge on any atom is -0.435 e. The summed E-state index contributed by atoms with van der Waals surface area (Å²) in [6, 6.07) is 6.00. The van der Waals surface area contributed by atoms with Gasteiger partial charge in [0.25, 0.3) is 0 Å². The molecule has 2 unspecified atom stereocenters. The third kappa shape index (κ3) is 5.11. The summed E-state index contributed by atoms with van der Waals surface area (Å²) < 4.78 is 28.3. The molecule has 0 aliphatic heterocycles. The summed E-state index contributed by atoms with van der Waals surface area (Å²) in [5.74, 6) is -0.0399. The van der Waals surface area contributed by atoms with E-state index < -0.39 is 6.61 Å². The first kappa shape index (κ1) is 16.4. The predicted octanol–water partition coefficient (Wildman–Crippen LogP) is 2.58. The van der Waals surface area contributed by atoms with Gasteiger partial charge in [-0.3, -0.25) is 4.79 Å². The number of ether oxygens (including phenoxy) is 1. The van der Waals surface area contributed by atoms with E-state index in [0.717, 1.165) is 19.3 Å². The summed E-state index contributed by atoms with van der Waals surface area (Å²) in [6.45, 7) is -2.39. The molecule has 22 heavy (non-hydrogen) atoms. The molecule has 0 saturated heterocycles. The van der Waals surface area contributed by atoms with Crippen LogP contribution in [0, 0.1) is 5.92 Å². The Bertz CT molecular complexity index is 517. The zero-order valence-corrected chi connectivity index (χ0v) is 12.0. The van der Waals surface area contributed by atoms with Gasteiger partial charge in [-0.1, -0.05) is 18.6 Å². The van der Waals surface area contributed by atoms with Gasteiger partial charge in [-0.15, -0.1) is 0 Å². The van der Waals surface area contributed by atoms with Crippen molar-refractivity contribution >= 4 is 12.0 Å². The highest BCUT2D eigenvalue weighted by Gasteiger charge is 2.24. The monoisotopic (exact) mass is 311 g/mol. The van der Waals surface area contributed by atoms with Gasteiger partial charge in [-0.05, 0) is 36.6 Å². The molecule has 120 valence electrons. The van der Waals surface area contributed by atoms with Crippen LogP contribution in [0.5, 0.6) is 5.75 Å². The highest BCUT2D eigenvalue weighted by atomic mass is 19.3. The van der Waals surface area contributed by atoms with Crippen molar-refractivity contribution in [1.82, 2.24) is 5.32 Å². The van der Waals surface area contributed by atoms with E-state index in [0.29, 0.717) is 12.1 Å². The molecule has 0 aromatic heterocycles. The van der Waals surface area contributed by atoms with Gasteiger partial charge in [0.15, 0.2) is 0 Å². The minimum absolute atomic E-state index is 0.0758. The fourth-order valence-electron chi connectivity index (χ4n) is 2.48. The largest absolute Gasteiger partial charge is 0.435 e. The van der Waals surface area contributed by atoms with Crippen LogP contribution >= 0.6 is 0 Å². The van der Waals surface area contributed by atoms with Crippen molar-refractivity contribution in [3.8, 4) is 5.75 Å². The van der Waals surface area contributed by atoms with E-state index in [2.05, 4.69) is 10.1 Å². The summed E-state index contributed by atoms with van der Waals surface area (Å²) in [7, 11) is 0. The van der Waals surface area contributed by atoms with Gasteiger partial charge >= 0.3 is 6.61 Å². The summed E-state index contributed by atoms with van der Waals surface area (Å²) in [5.41, 5.74) is 0.706. The lowest BCUT2D eigenvalue weighted by Gasteiger charge is -2.13. The van der Waals surface area contributed by atoms with Gasteiger partial charge in [0, 0.05) is 18.5 Å². The molecule has 4 nitrogen and oxygen atoms in total. The van der Waals surface area contributed by atoms with E-state index in [9.17, 15) is 18.7 Å². The number of hydrogen-bond donors (Lipinski definition) is 2. The number of nitrogens with one attached hydrogen (secondary N) is 1. The van der Waals surface area contributed by atoms with Crippen LogP contribution in [0.4, 0.5) is 8.78 Å². The second-order valence-electron chi connectivity index (χ2n) is 5.28. The quantitative estimate of drug-likeness (QED) is 0.794. The smallest absolute Gasteiger partial charge is 0.387 e. The van der Waals surface area contributed by atoms with Crippen molar-refractivity contribution < 1.29 is 23.4 Å².